The molecule has 0 aromatic heterocycles. The number of nitrogens with one attached hydrogen (secondary N) is 1. The molecule has 3 nitrogen and oxygen atoms in total. The first-order chi connectivity index (χ1) is 8.31. The van der Waals surface area contributed by atoms with Crippen LogP contribution in [0, 0.1) is 0 Å². The number of ether oxygens (including phenoxy) is 1. The van der Waals surface area contributed by atoms with Crippen LogP contribution in [-0.2, 0) is 6.42 Å². The Hall–Kier alpha value is -1.22. The highest BCUT2D eigenvalue weighted by Crippen LogP contribution is 2.27. The molecule has 3 rings (SSSR count). The maximum absolute atomic E-state index is 5.81. The summed E-state index contributed by atoms with van der Waals surface area (Å²) in [6.45, 7) is 0.785. The minimum atomic E-state index is 0.451. The molecule has 1 aliphatic heterocycles. The van der Waals surface area contributed by atoms with Gasteiger partial charge in [0.1, 0.15) is 12.4 Å². The first-order valence-electron chi connectivity index (χ1n) is 6.58. The molecule has 1 atom stereocenters. The van der Waals surface area contributed by atoms with E-state index in [1.807, 2.05) is 18.2 Å². The van der Waals surface area contributed by atoms with Crippen LogP contribution in [0.1, 0.15) is 31.2 Å². The lowest BCUT2D eigenvalue weighted by Crippen LogP contribution is -2.43. The van der Waals surface area contributed by atoms with Crippen LogP contribution >= 0.6 is 0 Å². The van der Waals surface area contributed by atoms with Gasteiger partial charge < -0.3 is 15.8 Å². The maximum atomic E-state index is 5.81. The number of nitrogens with two attached hydrogens (primary N) is 1. The molecule has 3 heteroatoms. The fraction of sp³-hybridized carbons (Fsp3) is 0.571. The Morgan fingerprint density at radius 3 is 2.82 bits per heavy atom. The van der Waals surface area contributed by atoms with E-state index in [2.05, 4.69) is 5.32 Å². The monoisotopic (exact) mass is 232 g/mol. The van der Waals surface area contributed by atoms with E-state index >= 15 is 0 Å². The third-order valence-electron chi connectivity index (χ3n) is 3.82. The third kappa shape index (κ3) is 2.39. The molecule has 17 heavy (non-hydrogen) atoms. The first-order valence-corrected chi connectivity index (χ1v) is 6.58. The SMILES string of the molecule is Nc1ccc2c(c1)CC(NC1CCCC1)CO2. The van der Waals surface area contributed by atoms with Crippen molar-refractivity contribution in [2.45, 2.75) is 44.2 Å². The lowest BCUT2D eigenvalue weighted by Gasteiger charge is -2.28. The number of hydrogen-bond acceptors (Lipinski definition) is 3. The van der Waals surface area contributed by atoms with Crippen molar-refractivity contribution in [1.82, 2.24) is 5.32 Å². The van der Waals surface area contributed by atoms with Crippen molar-refractivity contribution in [3.05, 3.63) is 23.8 Å². The molecule has 0 amide bonds. The van der Waals surface area contributed by atoms with Crippen LogP contribution in [0.25, 0.3) is 0 Å². The average Bonchev–Trinajstić information content (AvgIpc) is 2.81. The zero-order valence-corrected chi connectivity index (χ0v) is 10.1. The third-order valence-corrected chi connectivity index (χ3v) is 3.82. The number of rotatable bonds is 2. The van der Waals surface area contributed by atoms with E-state index in [4.69, 9.17) is 10.5 Å². The van der Waals surface area contributed by atoms with Gasteiger partial charge in [-0.05, 0) is 43.0 Å². The molecule has 0 spiro atoms. The Labute approximate surface area is 102 Å². The van der Waals surface area contributed by atoms with Crippen molar-refractivity contribution in [3.63, 3.8) is 0 Å². The molecule has 92 valence electrons. The molecular formula is C14H20N2O. The molecule has 0 saturated heterocycles. The summed E-state index contributed by atoms with van der Waals surface area (Å²) in [5.74, 6) is 1.00. The van der Waals surface area contributed by atoms with Crippen LogP contribution in [0.3, 0.4) is 0 Å². The summed E-state index contributed by atoms with van der Waals surface area (Å²) in [4.78, 5) is 0. The number of nitrogen functional groups attached to an aromatic ring is 1. The molecule has 1 aromatic rings. The number of anilines is 1. The predicted molar refractivity (Wildman–Crippen MR) is 69.2 cm³/mol. The van der Waals surface area contributed by atoms with Crippen LogP contribution in [0.4, 0.5) is 5.69 Å². The van der Waals surface area contributed by atoms with Gasteiger partial charge in [-0.2, -0.15) is 0 Å². The highest BCUT2D eigenvalue weighted by atomic mass is 16.5. The summed E-state index contributed by atoms with van der Waals surface area (Å²) in [7, 11) is 0. The van der Waals surface area contributed by atoms with Gasteiger partial charge in [-0.25, -0.2) is 0 Å². The van der Waals surface area contributed by atoms with E-state index in [9.17, 15) is 0 Å². The van der Waals surface area contributed by atoms with E-state index < -0.39 is 0 Å². The lowest BCUT2D eigenvalue weighted by molar-refractivity contribution is 0.227. The number of hydrogen-bond donors (Lipinski definition) is 2. The summed E-state index contributed by atoms with van der Waals surface area (Å²) in [5, 5.41) is 3.71. The maximum Gasteiger partial charge on any atom is 0.122 e. The van der Waals surface area contributed by atoms with Gasteiger partial charge in [0.05, 0.1) is 0 Å². The quantitative estimate of drug-likeness (QED) is 0.768. The molecule has 1 saturated carbocycles. The van der Waals surface area contributed by atoms with Crippen molar-refractivity contribution in [3.8, 4) is 5.75 Å². The van der Waals surface area contributed by atoms with Crippen LogP contribution in [0.5, 0.6) is 5.75 Å². The van der Waals surface area contributed by atoms with Crippen molar-refractivity contribution >= 4 is 5.69 Å². The van der Waals surface area contributed by atoms with Crippen molar-refractivity contribution in [2.24, 2.45) is 0 Å². The first kappa shape index (κ1) is 10.9. The summed E-state index contributed by atoms with van der Waals surface area (Å²) in [6, 6.07) is 7.08. The van der Waals surface area contributed by atoms with Gasteiger partial charge in [0, 0.05) is 17.8 Å². The molecule has 1 heterocycles. The van der Waals surface area contributed by atoms with Crippen LogP contribution in [-0.4, -0.2) is 18.7 Å². The normalized spacial score (nSPS) is 24.4. The Bertz CT molecular complexity index is 399. The molecule has 1 unspecified atom stereocenters. The molecule has 0 radical (unpaired) electrons. The molecule has 2 aliphatic rings. The van der Waals surface area contributed by atoms with Gasteiger partial charge in [0.2, 0.25) is 0 Å². The lowest BCUT2D eigenvalue weighted by atomic mass is 10.0. The number of benzene rings is 1. The standard InChI is InChI=1S/C14H20N2O/c15-11-5-6-14-10(7-11)8-13(9-17-14)16-12-3-1-2-4-12/h5-7,12-13,16H,1-4,8-9,15H2. The zero-order chi connectivity index (χ0) is 11.7. The summed E-state index contributed by atoms with van der Waals surface area (Å²) in [6.07, 6.45) is 6.42. The Balaban J connectivity index is 1.67. The van der Waals surface area contributed by atoms with Gasteiger partial charge in [-0.3, -0.25) is 0 Å². The molecular weight excluding hydrogens is 212 g/mol. The zero-order valence-electron chi connectivity index (χ0n) is 10.1. The van der Waals surface area contributed by atoms with E-state index in [1.54, 1.807) is 0 Å². The second kappa shape index (κ2) is 4.57. The number of fused-ring (bicyclic) bond motifs is 1. The Kier molecular flexibility index (Phi) is 2.93. The van der Waals surface area contributed by atoms with Gasteiger partial charge in [0.15, 0.2) is 0 Å². The highest BCUT2D eigenvalue weighted by molar-refractivity contribution is 5.48. The van der Waals surface area contributed by atoms with E-state index in [-0.39, 0.29) is 0 Å². The predicted octanol–water partition coefficient (Wildman–Crippen LogP) is 2.10. The smallest absolute Gasteiger partial charge is 0.122 e. The van der Waals surface area contributed by atoms with Crippen LogP contribution in [0.2, 0.25) is 0 Å². The Morgan fingerprint density at radius 2 is 2.00 bits per heavy atom. The highest BCUT2D eigenvalue weighted by Gasteiger charge is 2.24. The molecule has 3 N–H and O–H groups in total. The molecule has 1 fully saturated rings. The van der Waals surface area contributed by atoms with E-state index in [0.717, 1.165) is 24.5 Å². The summed E-state index contributed by atoms with van der Waals surface area (Å²) in [5.41, 5.74) is 7.88. The van der Waals surface area contributed by atoms with Gasteiger partial charge in [-0.1, -0.05) is 12.8 Å². The van der Waals surface area contributed by atoms with Crippen molar-refractivity contribution < 1.29 is 4.74 Å². The van der Waals surface area contributed by atoms with Crippen molar-refractivity contribution in [1.29, 1.82) is 0 Å². The topological polar surface area (TPSA) is 47.3 Å². The second-order valence-corrected chi connectivity index (χ2v) is 5.23. The van der Waals surface area contributed by atoms with Gasteiger partial charge in [0.25, 0.3) is 0 Å². The van der Waals surface area contributed by atoms with Crippen molar-refractivity contribution in [2.75, 3.05) is 12.3 Å². The van der Waals surface area contributed by atoms with Crippen LogP contribution < -0.4 is 15.8 Å². The minimum absolute atomic E-state index is 0.451. The fourth-order valence-corrected chi connectivity index (χ4v) is 2.95. The molecule has 0 bridgehead atoms. The van der Waals surface area contributed by atoms with Gasteiger partial charge in [-0.15, -0.1) is 0 Å². The van der Waals surface area contributed by atoms with Crippen LogP contribution in [0.15, 0.2) is 18.2 Å². The largest absolute Gasteiger partial charge is 0.492 e. The molecule has 1 aliphatic carbocycles. The van der Waals surface area contributed by atoms with E-state index in [0.29, 0.717) is 12.1 Å². The fourth-order valence-electron chi connectivity index (χ4n) is 2.95. The summed E-state index contributed by atoms with van der Waals surface area (Å²) < 4.78 is 5.78. The molecule has 1 aromatic carbocycles. The van der Waals surface area contributed by atoms with E-state index in [1.165, 1.54) is 31.2 Å². The van der Waals surface area contributed by atoms with Gasteiger partial charge >= 0.3 is 0 Å². The summed E-state index contributed by atoms with van der Waals surface area (Å²) >= 11 is 0. The average molecular weight is 232 g/mol. The Morgan fingerprint density at radius 1 is 1.18 bits per heavy atom. The minimum Gasteiger partial charge on any atom is -0.492 e. The second-order valence-electron chi connectivity index (χ2n) is 5.23.